The lowest BCUT2D eigenvalue weighted by atomic mass is 10.2. The highest BCUT2D eigenvalue weighted by atomic mass is 79.9. The Morgan fingerprint density at radius 3 is 2.59 bits per heavy atom. The SMILES string of the molecule is CC(C)N(CC(N)=O)c1ccc(C=O)cc1Br. The third-order valence-corrected chi connectivity index (χ3v) is 3.00. The molecular weight excluding hydrogens is 284 g/mol. The molecule has 92 valence electrons. The lowest BCUT2D eigenvalue weighted by Gasteiger charge is -2.28. The van der Waals surface area contributed by atoms with Crippen LogP contribution in [0.5, 0.6) is 0 Å². The minimum atomic E-state index is -0.384. The van der Waals surface area contributed by atoms with Crippen molar-refractivity contribution in [2.75, 3.05) is 11.4 Å². The Hall–Kier alpha value is -1.36. The van der Waals surface area contributed by atoms with Gasteiger partial charge < -0.3 is 10.6 Å². The van der Waals surface area contributed by atoms with E-state index in [1.54, 1.807) is 18.2 Å². The minimum Gasteiger partial charge on any atom is -0.368 e. The van der Waals surface area contributed by atoms with Crippen LogP contribution in [0.15, 0.2) is 22.7 Å². The van der Waals surface area contributed by atoms with Gasteiger partial charge in [0.15, 0.2) is 0 Å². The van der Waals surface area contributed by atoms with Crippen molar-refractivity contribution in [2.45, 2.75) is 19.9 Å². The molecule has 0 bridgehead atoms. The molecule has 0 saturated carbocycles. The zero-order valence-electron chi connectivity index (χ0n) is 9.81. The molecule has 0 saturated heterocycles. The van der Waals surface area contributed by atoms with Crippen LogP contribution in [0.4, 0.5) is 5.69 Å². The molecule has 0 unspecified atom stereocenters. The Labute approximate surface area is 109 Å². The molecule has 1 aromatic carbocycles. The standard InChI is InChI=1S/C12H15BrN2O2/c1-8(2)15(6-12(14)17)11-4-3-9(7-16)5-10(11)13/h3-5,7-8H,6H2,1-2H3,(H2,14,17). The van der Waals surface area contributed by atoms with Crippen LogP contribution in [0, 0.1) is 0 Å². The summed E-state index contributed by atoms with van der Waals surface area (Å²) in [6.07, 6.45) is 0.780. The lowest BCUT2D eigenvalue weighted by molar-refractivity contribution is -0.116. The topological polar surface area (TPSA) is 63.4 Å². The van der Waals surface area contributed by atoms with E-state index in [-0.39, 0.29) is 18.5 Å². The average molecular weight is 299 g/mol. The van der Waals surface area contributed by atoms with Crippen LogP contribution in [0.25, 0.3) is 0 Å². The van der Waals surface area contributed by atoms with Gasteiger partial charge in [-0.2, -0.15) is 0 Å². The smallest absolute Gasteiger partial charge is 0.236 e. The molecule has 2 N–H and O–H groups in total. The zero-order valence-corrected chi connectivity index (χ0v) is 11.4. The number of benzene rings is 1. The molecule has 0 fully saturated rings. The van der Waals surface area contributed by atoms with Crippen molar-refractivity contribution in [3.63, 3.8) is 0 Å². The van der Waals surface area contributed by atoms with Crippen molar-refractivity contribution < 1.29 is 9.59 Å². The fourth-order valence-corrected chi connectivity index (χ4v) is 2.17. The second kappa shape index (κ2) is 5.82. The molecule has 0 heterocycles. The second-order valence-electron chi connectivity index (χ2n) is 4.02. The predicted octanol–water partition coefficient (Wildman–Crippen LogP) is 1.96. The molecule has 5 heteroatoms. The summed E-state index contributed by atoms with van der Waals surface area (Å²) >= 11 is 3.39. The number of amides is 1. The number of primary amides is 1. The maximum Gasteiger partial charge on any atom is 0.236 e. The molecule has 4 nitrogen and oxygen atoms in total. The van der Waals surface area contributed by atoms with Gasteiger partial charge in [0.25, 0.3) is 0 Å². The molecule has 1 amide bonds. The van der Waals surface area contributed by atoms with E-state index in [0.29, 0.717) is 5.56 Å². The molecule has 17 heavy (non-hydrogen) atoms. The van der Waals surface area contributed by atoms with Crippen molar-refractivity contribution in [1.82, 2.24) is 0 Å². The van der Waals surface area contributed by atoms with E-state index in [1.807, 2.05) is 18.7 Å². The van der Waals surface area contributed by atoms with Crippen molar-refractivity contribution in [3.8, 4) is 0 Å². The molecule has 0 aliphatic rings. The number of hydrogen-bond acceptors (Lipinski definition) is 3. The number of carbonyl (C=O) groups is 2. The number of aldehydes is 1. The third-order valence-electron chi connectivity index (χ3n) is 2.37. The van der Waals surface area contributed by atoms with Crippen LogP contribution < -0.4 is 10.6 Å². The molecule has 0 atom stereocenters. The molecule has 0 aliphatic heterocycles. The van der Waals surface area contributed by atoms with E-state index in [4.69, 9.17) is 5.73 Å². The Bertz CT molecular complexity index is 433. The number of carbonyl (C=O) groups excluding carboxylic acids is 2. The maximum absolute atomic E-state index is 11.0. The first kappa shape index (κ1) is 13.7. The fraction of sp³-hybridized carbons (Fsp3) is 0.333. The first-order chi connectivity index (χ1) is 7.95. The summed E-state index contributed by atoms with van der Waals surface area (Å²) in [6, 6.07) is 5.37. The van der Waals surface area contributed by atoms with Crippen molar-refractivity contribution in [3.05, 3.63) is 28.2 Å². The summed E-state index contributed by atoms with van der Waals surface area (Å²) < 4.78 is 0.775. The maximum atomic E-state index is 11.0. The monoisotopic (exact) mass is 298 g/mol. The molecule has 0 aliphatic carbocycles. The van der Waals surface area contributed by atoms with Crippen LogP contribution in [0.1, 0.15) is 24.2 Å². The highest BCUT2D eigenvalue weighted by Gasteiger charge is 2.15. The van der Waals surface area contributed by atoms with Crippen LogP contribution in [0.2, 0.25) is 0 Å². The first-order valence-corrected chi connectivity index (χ1v) is 6.04. The third kappa shape index (κ3) is 3.56. The van der Waals surface area contributed by atoms with E-state index in [2.05, 4.69) is 15.9 Å². The van der Waals surface area contributed by atoms with Crippen LogP contribution in [-0.4, -0.2) is 24.8 Å². The number of nitrogens with zero attached hydrogens (tertiary/aromatic N) is 1. The van der Waals surface area contributed by atoms with E-state index in [9.17, 15) is 9.59 Å². The van der Waals surface area contributed by atoms with E-state index < -0.39 is 0 Å². The first-order valence-electron chi connectivity index (χ1n) is 5.25. The summed E-state index contributed by atoms with van der Waals surface area (Å²) in [4.78, 5) is 23.5. The molecule has 1 aromatic rings. The Morgan fingerprint density at radius 2 is 2.18 bits per heavy atom. The lowest BCUT2D eigenvalue weighted by Crippen LogP contribution is -2.38. The summed E-state index contributed by atoms with van der Waals surface area (Å²) in [6.45, 7) is 4.10. The fourth-order valence-electron chi connectivity index (χ4n) is 1.54. The average Bonchev–Trinajstić information content (AvgIpc) is 2.25. The summed E-state index contributed by atoms with van der Waals surface area (Å²) in [5.74, 6) is -0.384. The molecule has 0 spiro atoms. The Morgan fingerprint density at radius 1 is 1.53 bits per heavy atom. The van der Waals surface area contributed by atoms with Gasteiger partial charge in [-0.3, -0.25) is 9.59 Å². The van der Waals surface area contributed by atoms with E-state index in [0.717, 1.165) is 16.4 Å². The molecule has 1 rings (SSSR count). The number of rotatable bonds is 5. The highest BCUT2D eigenvalue weighted by molar-refractivity contribution is 9.10. The summed E-state index contributed by atoms with van der Waals surface area (Å²) in [5, 5.41) is 0. The zero-order chi connectivity index (χ0) is 13.0. The summed E-state index contributed by atoms with van der Waals surface area (Å²) in [5.41, 5.74) is 6.66. The van der Waals surface area contributed by atoms with Gasteiger partial charge in [0.2, 0.25) is 5.91 Å². The van der Waals surface area contributed by atoms with Gasteiger partial charge in [-0.1, -0.05) is 0 Å². The van der Waals surface area contributed by atoms with Gasteiger partial charge >= 0.3 is 0 Å². The van der Waals surface area contributed by atoms with Crippen LogP contribution in [0.3, 0.4) is 0 Å². The second-order valence-corrected chi connectivity index (χ2v) is 4.87. The van der Waals surface area contributed by atoms with Gasteiger partial charge in [0.05, 0.1) is 12.2 Å². The van der Waals surface area contributed by atoms with E-state index in [1.165, 1.54) is 0 Å². The number of anilines is 1. The van der Waals surface area contributed by atoms with Gasteiger partial charge in [-0.05, 0) is 48.0 Å². The quantitative estimate of drug-likeness (QED) is 0.845. The number of nitrogens with two attached hydrogens (primary N) is 1. The Kier molecular flexibility index (Phi) is 4.69. The van der Waals surface area contributed by atoms with Gasteiger partial charge in [0, 0.05) is 16.1 Å². The van der Waals surface area contributed by atoms with E-state index >= 15 is 0 Å². The molecule has 0 radical (unpaired) electrons. The largest absolute Gasteiger partial charge is 0.368 e. The van der Waals surface area contributed by atoms with Crippen molar-refractivity contribution in [1.29, 1.82) is 0 Å². The molecular formula is C12H15BrN2O2. The van der Waals surface area contributed by atoms with Gasteiger partial charge in [-0.15, -0.1) is 0 Å². The van der Waals surface area contributed by atoms with Crippen LogP contribution >= 0.6 is 15.9 Å². The normalized spacial score (nSPS) is 10.4. The predicted molar refractivity (Wildman–Crippen MR) is 71.2 cm³/mol. The number of halogens is 1. The van der Waals surface area contributed by atoms with Crippen molar-refractivity contribution >= 4 is 33.8 Å². The van der Waals surface area contributed by atoms with Crippen molar-refractivity contribution in [2.24, 2.45) is 5.73 Å². The van der Waals surface area contributed by atoms with Gasteiger partial charge in [-0.25, -0.2) is 0 Å². The summed E-state index contributed by atoms with van der Waals surface area (Å²) in [7, 11) is 0. The molecule has 0 aromatic heterocycles. The van der Waals surface area contributed by atoms with Crippen LogP contribution in [-0.2, 0) is 4.79 Å². The number of hydrogen-bond donors (Lipinski definition) is 1. The minimum absolute atomic E-state index is 0.140. The van der Waals surface area contributed by atoms with Gasteiger partial charge in [0.1, 0.15) is 6.29 Å². The highest BCUT2D eigenvalue weighted by Crippen LogP contribution is 2.28. The Balaban J connectivity index is 3.10.